The number of carbonyl (C=O) groups is 2. The number of nitrogens with zero attached hydrogens (tertiary/aromatic N) is 3. The molecule has 3 aliphatic heterocycles. The summed E-state index contributed by atoms with van der Waals surface area (Å²) >= 11 is 1.88. The van der Waals surface area contributed by atoms with E-state index >= 15 is 0 Å². The summed E-state index contributed by atoms with van der Waals surface area (Å²) in [6, 6.07) is 10.3. The van der Waals surface area contributed by atoms with Gasteiger partial charge in [-0.3, -0.25) is 14.5 Å². The molecule has 31 heavy (non-hydrogen) atoms. The molecule has 0 aliphatic carbocycles. The van der Waals surface area contributed by atoms with Crippen molar-refractivity contribution in [2.45, 2.75) is 38.3 Å². The van der Waals surface area contributed by atoms with E-state index < -0.39 is 0 Å². The summed E-state index contributed by atoms with van der Waals surface area (Å²) in [6.07, 6.45) is 3.50. The summed E-state index contributed by atoms with van der Waals surface area (Å²) < 4.78 is 5.20. The maximum Gasteiger partial charge on any atom is 0.228 e. The first-order valence-corrected chi connectivity index (χ1v) is 12.0. The van der Waals surface area contributed by atoms with Gasteiger partial charge in [0, 0.05) is 55.8 Å². The summed E-state index contributed by atoms with van der Waals surface area (Å²) in [5.41, 5.74) is 2.32. The van der Waals surface area contributed by atoms with Gasteiger partial charge in [-0.2, -0.15) is 0 Å². The Morgan fingerprint density at radius 1 is 1.10 bits per heavy atom. The van der Waals surface area contributed by atoms with Crippen molar-refractivity contribution in [1.82, 2.24) is 9.80 Å². The van der Waals surface area contributed by atoms with Crippen molar-refractivity contribution in [1.29, 1.82) is 0 Å². The molecule has 1 unspecified atom stereocenters. The summed E-state index contributed by atoms with van der Waals surface area (Å²) in [6.45, 7) is 4.23. The molecule has 4 heterocycles. The average Bonchev–Trinajstić information content (AvgIpc) is 3.44. The molecule has 2 fully saturated rings. The third-order valence-electron chi connectivity index (χ3n) is 6.99. The lowest BCUT2D eigenvalue weighted by Gasteiger charge is -2.40. The lowest BCUT2D eigenvalue weighted by molar-refractivity contribution is -0.137. The molecule has 2 saturated heterocycles. The number of anilines is 1. The van der Waals surface area contributed by atoms with Crippen molar-refractivity contribution >= 4 is 28.8 Å². The zero-order valence-electron chi connectivity index (χ0n) is 18.0. The molecule has 2 aromatic rings. The monoisotopic (exact) mass is 439 g/mol. The van der Waals surface area contributed by atoms with E-state index in [1.54, 1.807) is 12.0 Å². The topological polar surface area (TPSA) is 53.1 Å². The highest BCUT2D eigenvalue weighted by Crippen LogP contribution is 2.31. The minimum atomic E-state index is -0.241. The van der Waals surface area contributed by atoms with Crippen LogP contribution in [0.5, 0.6) is 5.75 Å². The number of ether oxygens (including phenoxy) is 1. The second-order valence-corrected chi connectivity index (χ2v) is 9.75. The minimum Gasteiger partial charge on any atom is -0.497 e. The van der Waals surface area contributed by atoms with Crippen LogP contribution in [0.15, 0.2) is 35.7 Å². The van der Waals surface area contributed by atoms with Crippen LogP contribution in [-0.2, 0) is 22.6 Å². The number of hydrogen-bond donors (Lipinski definition) is 0. The van der Waals surface area contributed by atoms with Gasteiger partial charge in [0.05, 0.1) is 13.0 Å². The number of carbonyl (C=O) groups excluding carboxylic acids is 2. The van der Waals surface area contributed by atoms with Gasteiger partial charge in [0.1, 0.15) is 5.75 Å². The molecule has 0 bridgehead atoms. The van der Waals surface area contributed by atoms with E-state index in [-0.39, 0.29) is 17.7 Å². The Bertz CT molecular complexity index is 949. The van der Waals surface area contributed by atoms with E-state index in [1.807, 2.05) is 40.5 Å². The number of rotatable bonds is 4. The van der Waals surface area contributed by atoms with E-state index in [0.29, 0.717) is 19.0 Å². The van der Waals surface area contributed by atoms with Crippen molar-refractivity contribution in [2.24, 2.45) is 5.92 Å². The number of methoxy groups -OCH3 is 1. The van der Waals surface area contributed by atoms with Crippen LogP contribution in [0.25, 0.3) is 0 Å². The molecule has 3 aliphatic rings. The van der Waals surface area contributed by atoms with E-state index in [9.17, 15) is 9.59 Å². The normalized spacial score (nSPS) is 22.6. The van der Waals surface area contributed by atoms with Crippen LogP contribution in [0.2, 0.25) is 0 Å². The third kappa shape index (κ3) is 4.08. The molecule has 1 aromatic heterocycles. The summed E-state index contributed by atoms with van der Waals surface area (Å²) in [7, 11) is 1.62. The Hall–Kier alpha value is -2.38. The van der Waals surface area contributed by atoms with Crippen LogP contribution >= 0.6 is 11.3 Å². The van der Waals surface area contributed by atoms with Gasteiger partial charge in [0.25, 0.3) is 0 Å². The lowest BCUT2D eigenvalue weighted by atomic mass is 9.98. The summed E-state index contributed by atoms with van der Waals surface area (Å²) in [4.78, 5) is 33.6. The van der Waals surface area contributed by atoms with E-state index in [0.717, 1.165) is 56.9 Å². The van der Waals surface area contributed by atoms with E-state index in [1.165, 1.54) is 10.4 Å². The number of benzene rings is 1. The zero-order chi connectivity index (χ0) is 21.4. The molecule has 0 spiro atoms. The number of hydrogen-bond acceptors (Lipinski definition) is 5. The highest BCUT2D eigenvalue weighted by Gasteiger charge is 2.38. The van der Waals surface area contributed by atoms with Gasteiger partial charge >= 0.3 is 0 Å². The minimum absolute atomic E-state index is 0.0262. The first-order chi connectivity index (χ1) is 15.1. The van der Waals surface area contributed by atoms with Crippen LogP contribution in [0.3, 0.4) is 0 Å². The van der Waals surface area contributed by atoms with Crippen molar-refractivity contribution in [3.63, 3.8) is 0 Å². The SMILES string of the molecule is COc1ccc(N2CC(C(=O)N3CCC(N4CCc5sccc5C4)CC3)CC2=O)cc1. The second kappa shape index (κ2) is 8.63. The predicted octanol–water partition coefficient (Wildman–Crippen LogP) is 3.16. The largest absolute Gasteiger partial charge is 0.497 e. The standard InChI is InChI=1S/C24H29N3O3S/c1-30-21-4-2-20(3-5-21)27-16-18(14-23(27)28)24(29)25-10-6-19(7-11-25)26-12-8-22-17(15-26)9-13-31-22/h2-5,9,13,18-19H,6-8,10-12,14-16H2,1H3. The summed E-state index contributed by atoms with van der Waals surface area (Å²) in [5.74, 6) is 0.684. The second-order valence-electron chi connectivity index (χ2n) is 8.75. The van der Waals surface area contributed by atoms with Gasteiger partial charge in [0.2, 0.25) is 11.8 Å². The van der Waals surface area contributed by atoms with Crippen LogP contribution in [-0.4, -0.2) is 60.9 Å². The molecule has 0 saturated carbocycles. The van der Waals surface area contributed by atoms with Crippen molar-refractivity contribution in [2.75, 3.05) is 38.2 Å². The van der Waals surface area contributed by atoms with Crippen molar-refractivity contribution in [3.05, 3.63) is 46.2 Å². The molecule has 5 rings (SSSR count). The Morgan fingerprint density at radius 3 is 2.61 bits per heavy atom. The molecule has 0 radical (unpaired) electrons. The summed E-state index contributed by atoms with van der Waals surface area (Å²) in [5, 5.41) is 2.20. The first kappa shape index (κ1) is 20.5. The lowest BCUT2D eigenvalue weighted by Crippen LogP contribution is -2.49. The van der Waals surface area contributed by atoms with Gasteiger partial charge in [-0.15, -0.1) is 11.3 Å². The molecule has 1 aromatic carbocycles. The van der Waals surface area contributed by atoms with Gasteiger partial charge in [-0.05, 0) is 60.5 Å². The van der Waals surface area contributed by atoms with Gasteiger partial charge in [-0.1, -0.05) is 0 Å². The third-order valence-corrected chi connectivity index (χ3v) is 8.01. The van der Waals surface area contributed by atoms with Gasteiger partial charge in [0.15, 0.2) is 0 Å². The van der Waals surface area contributed by atoms with E-state index in [2.05, 4.69) is 16.3 Å². The smallest absolute Gasteiger partial charge is 0.228 e. The van der Waals surface area contributed by atoms with Crippen molar-refractivity contribution < 1.29 is 14.3 Å². The predicted molar refractivity (Wildman–Crippen MR) is 121 cm³/mol. The van der Waals surface area contributed by atoms with E-state index in [4.69, 9.17) is 4.74 Å². The van der Waals surface area contributed by atoms with Gasteiger partial charge < -0.3 is 14.5 Å². The Kier molecular flexibility index (Phi) is 5.71. The Labute approximate surface area is 187 Å². The quantitative estimate of drug-likeness (QED) is 0.734. The molecule has 164 valence electrons. The van der Waals surface area contributed by atoms with Crippen LogP contribution in [0.1, 0.15) is 29.7 Å². The number of likely N-dealkylation sites (tertiary alicyclic amines) is 1. The maximum atomic E-state index is 13.1. The fraction of sp³-hybridized carbons (Fsp3) is 0.500. The maximum absolute atomic E-state index is 13.1. The van der Waals surface area contributed by atoms with Crippen LogP contribution in [0, 0.1) is 5.92 Å². The fourth-order valence-electron chi connectivity index (χ4n) is 5.18. The number of amides is 2. The zero-order valence-corrected chi connectivity index (χ0v) is 18.8. The molecule has 2 amide bonds. The van der Waals surface area contributed by atoms with Crippen molar-refractivity contribution in [3.8, 4) is 5.75 Å². The average molecular weight is 440 g/mol. The Morgan fingerprint density at radius 2 is 1.87 bits per heavy atom. The van der Waals surface area contributed by atoms with Crippen LogP contribution < -0.4 is 9.64 Å². The van der Waals surface area contributed by atoms with Crippen LogP contribution in [0.4, 0.5) is 5.69 Å². The van der Waals surface area contributed by atoms with Gasteiger partial charge in [-0.25, -0.2) is 0 Å². The fourth-order valence-corrected chi connectivity index (χ4v) is 6.07. The Balaban J connectivity index is 1.16. The molecular weight excluding hydrogens is 410 g/mol. The molecule has 6 nitrogen and oxygen atoms in total. The number of piperidine rings is 1. The molecule has 1 atom stereocenters. The molecule has 0 N–H and O–H groups in total. The molecular formula is C24H29N3O3S. The molecule has 7 heteroatoms. The number of fused-ring (bicyclic) bond motifs is 1. The highest BCUT2D eigenvalue weighted by molar-refractivity contribution is 7.10. The number of thiophene rings is 1. The first-order valence-electron chi connectivity index (χ1n) is 11.1. The highest BCUT2D eigenvalue weighted by atomic mass is 32.1.